The quantitative estimate of drug-likeness (QED) is 0.175. The molecule has 1 aliphatic rings. The summed E-state index contributed by atoms with van der Waals surface area (Å²) < 4.78 is 33.5. The lowest BCUT2D eigenvalue weighted by molar-refractivity contribution is 0.0899. The number of anilines is 1. The zero-order valence-electron chi connectivity index (χ0n) is 21.6. The second-order valence-electron chi connectivity index (χ2n) is 10.3. The fourth-order valence-electron chi connectivity index (χ4n) is 4.05. The van der Waals surface area contributed by atoms with Gasteiger partial charge in [-0.25, -0.2) is 32.7 Å². The van der Waals surface area contributed by atoms with E-state index >= 15 is 0 Å². The number of rotatable bonds is 10. The van der Waals surface area contributed by atoms with E-state index in [2.05, 4.69) is 39.9 Å². The maximum Gasteiger partial charge on any atom is 0.211 e. The van der Waals surface area contributed by atoms with Crippen LogP contribution in [0, 0.1) is 0 Å². The Morgan fingerprint density at radius 2 is 2.03 bits per heavy atom. The van der Waals surface area contributed by atoms with Crippen LogP contribution in [0.2, 0.25) is 25.7 Å². The molecule has 0 bridgehead atoms. The van der Waals surface area contributed by atoms with Crippen LogP contribution in [0.3, 0.4) is 0 Å². The number of aromatic nitrogens is 5. The monoisotopic (exact) mass is 549 g/mol. The Morgan fingerprint density at radius 1 is 1.22 bits per heavy atom. The number of thioether (sulfide) groups is 1. The first-order valence-electron chi connectivity index (χ1n) is 12.1. The van der Waals surface area contributed by atoms with Gasteiger partial charge < -0.3 is 14.6 Å². The highest BCUT2D eigenvalue weighted by atomic mass is 32.2. The van der Waals surface area contributed by atoms with Crippen molar-refractivity contribution >= 4 is 46.8 Å². The molecule has 3 aromatic rings. The standard InChI is InChI=1S/C23H35N7O3S2Si/c1-34-23-25-13-18(21(28-23)26-17-7-6-9-30(15-17)35(2,31)32)20-14-24-22-19(27-20)8-10-29(22)16-33-11-12-36(3,4)5/h8,10,13-14,17H,6-7,9,11-12,15-16H2,1-5H3,(H,25,26,28)/t17-/m0/s1. The van der Waals surface area contributed by atoms with E-state index in [0.29, 0.717) is 36.5 Å². The second kappa shape index (κ2) is 11.1. The number of hydrogen-bond donors (Lipinski definition) is 1. The molecule has 0 spiro atoms. The predicted octanol–water partition coefficient (Wildman–Crippen LogP) is 3.76. The molecule has 36 heavy (non-hydrogen) atoms. The van der Waals surface area contributed by atoms with Gasteiger partial charge in [-0.2, -0.15) is 0 Å². The van der Waals surface area contributed by atoms with Gasteiger partial charge in [0.1, 0.15) is 18.1 Å². The van der Waals surface area contributed by atoms with Crippen LogP contribution < -0.4 is 5.32 Å². The summed E-state index contributed by atoms with van der Waals surface area (Å²) in [4.78, 5) is 18.6. The second-order valence-corrected chi connectivity index (χ2v) is 18.7. The van der Waals surface area contributed by atoms with Gasteiger partial charge in [-0.05, 0) is 31.2 Å². The first kappa shape index (κ1) is 27.0. The molecule has 4 rings (SSSR count). The topological polar surface area (TPSA) is 115 Å². The molecule has 0 saturated carbocycles. The van der Waals surface area contributed by atoms with E-state index in [1.807, 2.05) is 23.1 Å². The van der Waals surface area contributed by atoms with Crippen LogP contribution in [0.25, 0.3) is 22.4 Å². The van der Waals surface area contributed by atoms with Gasteiger partial charge in [-0.1, -0.05) is 31.4 Å². The van der Waals surface area contributed by atoms with E-state index in [9.17, 15) is 8.42 Å². The molecule has 0 aromatic carbocycles. The van der Waals surface area contributed by atoms with Gasteiger partial charge >= 0.3 is 0 Å². The highest BCUT2D eigenvalue weighted by Gasteiger charge is 2.27. The van der Waals surface area contributed by atoms with Crippen molar-refractivity contribution in [1.82, 2.24) is 28.8 Å². The van der Waals surface area contributed by atoms with Gasteiger partial charge in [0.05, 0.1) is 23.7 Å². The van der Waals surface area contributed by atoms with E-state index < -0.39 is 18.1 Å². The number of nitrogens with zero attached hydrogens (tertiary/aromatic N) is 6. The Bertz CT molecular complexity index is 1310. The SMILES string of the molecule is CSc1ncc(-c2cnc3c(ccn3COCC[Si](C)(C)C)n2)c(N[C@H]2CCCN(S(C)(=O)=O)C2)n1. The molecule has 4 heterocycles. The van der Waals surface area contributed by atoms with Gasteiger partial charge in [0.25, 0.3) is 0 Å². The van der Waals surface area contributed by atoms with Gasteiger partial charge in [-0.3, -0.25) is 0 Å². The van der Waals surface area contributed by atoms with E-state index in [1.54, 1.807) is 12.4 Å². The molecule has 0 unspecified atom stereocenters. The number of ether oxygens (including phenoxy) is 1. The summed E-state index contributed by atoms with van der Waals surface area (Å²) in [5, 5.41) is 4.10. The number of hydrogen-bond acceptors (Lipinski definition) is 9. The Morgan fingerprint density at radius 3 is 2.75 bits per heavy atom. The highest BCUT2D eigenvalue weighted by molar-refractivity contribution is 7.98. The van der Waals surface area contributed by atoms with Crippen molar-refractivity contribution in [3.8, 4) is 11.3 Å². The normalized spacial score (nSPS) is 17.5. The first-order chi connectivity index (χ1) is 17.0. The molecule has 1 aliphatic heterocycles. The summed E-state index contributed by atoms with van der Waals surface area (Å²) in [6, 6.07) is 3.00. The molecule has 1 saturated heterocycles. The first-order valence-corrected chi connectivity index (χ1v) is 18.8. The third kappa shape index (κ3) is 6.82. The van der Waals surface area contributed by atoms with Crippen LogP contribution in [0.1, 0.15) is 12.8 Å². The highest BCUT2D eigenvalue weighted by Crippen LogP contribution is 2.29. The lowest BCUT2D eigenvalue weighted by atomic mass is 10.1. The van der Waals surface area contributed by atoms with Crippen LogP contribution in [0.4, 0.5) is 5.82 Å². The fourth-order valence-corrected chi connectivity index (χ4v) is 6.06. The van der Waals surface area contributed by atoms with E-state index in [1.165, 1.54) is 22.3 Å². The fraction of sp³-hybridized carbons (Fsp3) is 0.565. The van der Waals surface area contributed by atoms with Crippen molar-refractivity contribution in [2.24, 2.45) is 0 Å². The van der Waals surface area contributed by atoms with E-state index in [-0.39, 0.29) is 6.04 Å². The summed E-state index contributed by atoms with van der Waals surface area (Å²) in [5.74, 6) is 0.637. The van der Waals surface area contributed by atoms with Crippen molar-refractivity contribution in [2.75, 3.05) is 37.5 Å². The van der Waals surface area contributed by atoms with Crippen molar-refractivity contribution in [1.29, 1.82) is 0 Å². The predicted molar refractivity (Wildman–Crippen MR) is 148 cm³/mol. The summed E-state index contributed by atoms with van der Waals surface area (Å²) in [7, 11) is -4.37. The molecule has 196 valence electrons. The lowest BCUT2D eigenvalue weighted by Gasteiger charge is -2.32. The minimum Gasteiger partial charge on any atom is -0.365 e. The average molecular weight is 550 g/mol. The van der Waals surface area contributed by atoms with Gasteiger partial charge in [0, 0.05) is 46.2 Å². The van der Waals surface area contributed by atoms with Crippen LogP contribution in [-0.4, -0.2) is 83.5 Å². The van der Waals surface area contributed by atoms with Crippen molar-refractivity contribution < 1.29 is 13.2 Å². The van der Waals surface area contributed by atoms with Crippen molar-refractivity contribution in [3.05, 3.63) is 24.7 Å². The molecule has 3 aromatic heterocycles. The molecular formula is C23H35N7O3S2Si. The lowest BCUT2D eigenvalue weighted by Crippen LogP contribution is -2.44. The van der Waals surface area contributed by atoms with E-state index in [4.69, 9.17) is 9.72 Å². The molecule has 0 radical (unpaired) electrons. The molecule has 0 aliphatic carbocycles. The zero-order chi connectivity index (χ0) is 25.9. The average Bonchev–Trinajstić information content (AvgIpc) is 3.23. The number of nitrogens with one attached hydrogen (secondary N) is 1. The van der Waals surface area contributed by atoms with Crippen molar-refractivity contribution in [3.63, 3.8) is 0 Å². The minimum absolute atomic E-state index is 0.0529. The molecule has 0 amide bonds. The van der Waals surface area contributed by atoms with Crippen LogP contribution >= 0.6 is 11.8 Å². The number of sulfonamides is 1. The molecular weight excluding hydrogens is 515 g/mol. The molecule has 10 nitrogen and oxygen atoms in total. The third-order valence-electron chi connectivity index (χ3n) is 6.11. The van der Waals surface area contributed by atoms with Crippen LogP contribution in [0.15, 0.2) is 29.8 Å². The van der Waals surface area contributed by atoms with E-state index in [0.717, 1.165) is 42.2 Å². The minimum atomic E-state index is -3.24. The zero-order valence-corrected chi connectivity index (χ0v) is 24.2. The summed E-state index contributed by atoms with van der Waals surface area (Å²) in [5.41, 5.74) is 2.92. The summed E-state index contributed by atoms with van der Waals surface area (Å²) >= 11 is 1.45. The molecule has 13 heteroatoms. The Labute approximate surface area is 218 Å². The van der Waals surface area contributed by atoms with Gasteiger partial charge in [0.15, 0.2) is 10.8 Å². The van der Waals surface area contributed by atoms with Gasteiger partial charge in [-0.15, -0.1) is 0 Å². The van der Waals surface area contributed by atoms with Crippen molar-refractivity contribution in [2.45, 2.75) is 56.5 Å². The van der Waals surface area contributed by atoms with Crippen LogP contribution in [-0.2, 0) is 21.5 Å². The summed E-state index contributed by atoms with van der Waals surface area (Å²) in [6.45, 7) is 9.15. The number of piperidine rings is 1. The third-order valence-corrected chi connectivity index (χ3v) is 9.65. The smallest absolute Gasteiger partial charge is 0.211 e. The van der Waals surface area contributed by atoms with Gasteiger partial charge in [0.2, 0.25) is 10.0 Å². The Hall–Kier alpha value is -2.06. The molecule has 1 atom stereocenters. The van der Waals surface area contributed by atoms with Crippen LogP contribution in [0.5, 0.6) is 0 Å². The largest absolute Gasteiger partial charge is 0.365 e. The Balaban J connectivity index is 1.55. The maximum atomic E-state index is 12.1. The molecule has 1 fully saturated rings. The Kier molecular flexibility index (Phi) is 8.34. The molecule has 1 N–H and O–H groups in total. The maximum absolute atomic E-state index is 12.1. The number of fused-ring (bicyclic) bond motifs is 1. The summed E-state index contributed by atoms with van der Waals surface area (Å²) in [6.07, 6.45) is 10.3.